The van der Waals surface area contributed by atoms with Gasteiger partial charge in [0.2, 0.25) is 0 Å². The van der Waals surface area contributed by atoms with Gasteiger partial charge in [-0.15, -0.1) is 0 Å². The molecule has 6 heteroatoms. The zero-order valence-electron chi connectivity index (χ0n) is 13.0. The Labute approximate surface area is 138 Å². The minimum absolute atomic E-state index is 0.0834. The second-order valence-electron chi connectivity index (χ2n) is 5.80. The Morgan fingerprint density at radius 2 is 1.88 bits per heavy atom. The standard InChI is InChI=1S/C18H16N4O2/c23-22(24)15-8-6-14(7-9-15)21-18-16(10-11-19-18)17(20-21)12-13-4-2-1-3-5-13/h1-9,19H,10-12H2. The smallest absolute Gasteiger partial charge is 0.269 e. The molecule has 4 rings (SSSR count). The van der Waals surface area contributed by atoms with Crippen LogP contribution in [0.2, 0.25) is 0 Å². The van der Waals surface area contributed by atoms with E-state index < -0.39 is 4.92 Å². The Morgan fingerprint density at radius 3 is 2.58 bits per heavy atom. The van der Waals surface area contributed by atoms with Crippen LogP contribution in [0.1, 0.15) is 16.8 Å². The molecule has 0 saturated carbocycles. The molecule has 0 spiro atoms. The molecule has 1 aliphatic heterocycles. The number of benzene rings is 2. The molecule has 1 aliphatic rings. The predicted molar refractivity (Wildman–Crippen MR) is 91.7 cm³/mol. The zero-order valence-corrected chi connectivity index (χ0v) is 13.0. The molecule has 0 aliphatic carbocycles. The van der Waals surface area contributed by atoms with Crippen LogP contribution in [-0.4, -0.2) is 21.2 Å². The Hall–Kier alpha value is -3.15. The van der Waals surface area contributed by atoms with Crippen LogP contribution in [0.5, 0.6) is 0 Å². The van der Waals surface area contributed by atoms with Crippen molar-refractivity contribution in [3.05, 3.63) is 81.5 Å². The molecule has 0 saturated heterocycles. The lowest BCUT2D eigenvalue weighted by Gasteiger charge is -2.06. The molecule has 2 aromatic carbocycles. The van der Waals surface area contributed by atoms with Crippen molar-refractivity contribution in [1.29, 1.82) is 0 Å². The van der Waals surface area contributed by atoms with E-state index in [1.165, 1.54) is 23.3 Å². The number of nitrogens with one attached hydrogen (secondary N) is 1. The van der Waals surface area contributed by atoms with Gasteiger partial charge in [-0.05, 0) is 24.1 Å². The van der Waals surface area contributed by atoms with Crippen LogP contribution in [0.25, 0.3) is 5.69 Å². The topological polar surface area (TPSA) is 73.0 Å². The predicted octanol–water partition coefficient (Wildman–Crippen LogP) is 3.34. The van der Waals surface area contributed by atoms with Gasteiger partial charge in [-0.2, -0.15) is 5.10 Å². The van der Waals surface area contributed by atoms with E-state index in [4.69, 9.17) is 5.10 Å². The zero-order chi connectivity index (χ0) is 16.5. The summed E-state index contributed by atoms with van der Waals surface area (Å²) in [5.41, 5.74) is 4.42. The first-order valence-electron chi connectivity index (χ1n) is 7.86. The number of nitro benzene ring substituents is 1. The molecule has 0 atom stereocenters. The second-order valence-corrected chi connectivity index (χ2v) is 5.80. The van der Waals surface area contributed by atoms with Gasteiger partial charge in [-0.1, -0.05) is 30.3 Å². The van der Waals surface area contributed by atoms with E-state index in [0.717, 1.165) is 36.6 Å². The molecular formula is C18H16N4O2. The third-order valence-corrected chi connectivity index (χ3v) is 4.25. The van der Waals surface area contributed by atoms with Gasteiger partial charge in [0.15, 0.2) is 0 Å². The highest BCUT2D eigenvalue weighted by Gasteiger charge is 2.23. The van der Waals surface area contributed by atoms with Crippen molar-refractivity contribution in [2.45, 2.75) is 12.8 Å². The summed E-state index contributed by atoms with van der Waals surface area (Å²) < 4.78 is 1.85. The number of fused-ring (bicyclic) bond motifs is 1. The molecule has 1 aromatic heterocycles. The van der Waals surface area contributed by atoms with Crippen molar-refractivity contribution in [2.75, 3.05) is 11.9 Å². The van der Waals surface area contributed by atoms with Crippen LogP contribution >= 0.6 is 0 Å². The van der Waals surface area contributed by atoms with Gasteiger partial charge in [0.25, 0.3) is 5.69 Å². The Balaban J connectivity index is 1.72. The highest BCUT2D eigenvalue weighted by molar-refractivity contribution is 5.58. The van der Waals surface area contributed by atoms with E-state index in [2.05, 4.69) is 17.4 Å². The van der Waals surface area contributed by atoms with Crippen molar-refractivity contribution in [3.63, 3.8) is 0 Å². The molecule has 0 fully saturated rings. The number of aromatic nitrogens is 2. The molecule has 3 aromatic rings. The van der Waals surface area contributed by atoms with E-state index in [-0.39, 0.29) is 5.69 Å². The summed E-state index contributed by atoms with van der Waals surface area (Å²) in [6, 6.07) is 16.7. The molecule has 120 valence electrons. The molecule has 2 heterocycles. The summed E-state index contributed by atoms with van der Waals surface area (Å²) in [5.74, 6) is 0.995. The lowest BCUT2D eigenvalue weighted by molar-refractivity contribution is -0.384. The maximum absolute atomic E-state index is 10.8. The minimum atomic E-state index is -0.392. The summed E-state index contributed by atoms with van der Waals surface area (Å²) in [7, 11) is 0. The van der Waals surface area contributed by atoms with Crippen LogP contribution in [0.4, 0.5) is 11.5 Å². The Kier molecular flexibility index (Phi) is 3.49. The quantitative estimate of drug-likeness (QED) is 0.591. The van der Waals surface area contributed by atoms with Gasteiger partial charge >= 0.3 is 0 Å². The van der Waals surface area contributed by atoms with E-state index in [9.17, 15) is 10.1 Å². The number of anilines is 1. The van der Waals surface area contributed by atoms with Crippen LogP contribution in [-0.2, 0) is 12.8 Å². The van der Waals surface area contributed by atoms with Crippen molar-refractivity contribution >= 4 is 11.5 Å². The van der Waals surface area contributed by atoms with E-state index >= 15 is 0 Å². The van der Waals surface area contributed by atoms with Gasteiger partial charge in [-0.3, -0.25) is 10.1 Å². The molecular weight excluding hydrogens is 304 g/mol. The fourth-order valence-electron chi connectivity index (χ4n) is 3.08. The second kappa shape index (κ2) is 5.81. The molecule has 0 unspecified atom stereocenters. The summed E-state index contributed by atoms with van der Waals surface area (Å²) in [6.45, 7) is 0.891. The van der Waals surface area contributed by atoms with Crippen LogP contribution < -0.4 is 5.32 Å². The first-order valence-corrected chi connectivity index (χ1v) is 7.86. The molecule has 6 nitrogen and oxygen atoms in total. The fraction of sp³-hybridized carbons (Fsp3) is 0.167. The van der Waals surface area contributed by atoms with Crippen LogP contribution in [0.15, 0.2) is 54.6 Å². The number of rotatable bonds is 4. The van der Waals surface area contributed by atoms with Crippen molar-refractivity contribution in [2.24, 2.45) is 0 Å². The average Bonchev–Trinajstić information content (AvgIpc) is 3.20. The fourth-order valence-corrected chi connectivity index (χ4v) is 3.08. The summed E-state index contributed by atoms with van der Waals surface area (Å²) in [5, 5.41) is 18.9. The van der Waals surface area contributed by atoms with Crippen LogP contribution in [0, 0.1) is 10.1 Å². The van der Waals surface area contributed by atoms with Crippen LogP contribution in [0.3, 0.4) is 0 Å². The first kappa shape index (κ1) is 14.4. The van der Waals surface area contributed by atoms with Gasteiger partial charge in [0.05, 0.1) is 16.3 Å². The lowest BCUT2D eigenvalue weighted by Crippen LogP contribution is -2.05. The highest BCUT2D eigenvalue weighted by Crippen LogP contribution is 2.30. The van der Waals surface area contributed by atoms with E-state index in [1.807, 2.05) is 22.9 Å². The normalized spacial score (nSPS) is 12.7. The molecule has 24 heavy (non-hydrogen) atoms. The number of hydrogen-bond acceptors (Lipinski definition) is 4. The molecule has 1 N–H and O–H groups in total. The number of non-ortho nitro benzene ring substituents is 1. The van der Waals surface area contributed by atoms with E-state index in [1.54, 1.807) is 12.1 Å². The summed E-state index contributed by atoms with van der Waals surface area (Å²) in [4.78, 5) is 10.4. The number of nitro groups is 1. The maximum atomic E-state index is 10.8. The summed E-state index contributed by atoms with van der Waals surface area (Å²) >= 11 is 0. The Bertz CT molecular complexity index is 885. The monoisotopic (exact) mass is 320 g/mol. The van der Waals surface area contributed by atoms with Crippen molar-refractivity contribution in [3.8, 4) is 5.69 Å². The minimum Gasteiger partial charge on any atom is -0.369 e. The van der Waals surface area contributed by atoms with Gasteiger partial charge in [-0.25, -0.2) is 4.68 Å². The average molecular weight is 320 g/mol. The maximum Gasteiger partial charge on any atom is 0.269 e. The van der Waals surface area contributed by atoms with E-state index in [0.29, 0.717) is 0 Å². The number of hydrogen-bond donors (Lipinski definition) is 1. The van der Waals surface area contributed by atoms with Gasteiger partial charge < -0.3 is 5.32 Å². The molecule has 0 bridgehead atoms. The lowest BCUT2D eigenvalue weighted by atomic mass is 10.1. The van der Waals surface area contributed by atoms with Crippen molar-refractivity contribution in [1.82, 2.24) is 9.78 Å². The molecule has 0 amide bonds. The highest BCUT2D eigenvalue weighted by atomic mass is 16.6. The largest absolute Gasteiger partial charge is 0.369 e. The first-order chi connectivity index (χ1) is 11.7. The Morgan fingerprint density at radius 1 is 1.12 bits per heavy atom. The number of nitrogens with zero attached hydrogens (tertiary/aromatic N) is 3. The summed E-state index contributed by atoms with van der Waals surface area (Å²) in [6.07, 6.45) is 1.73. The van der Waals surface area contributed by atoms with Crippen molar-refractivity contribution < 1.29 is 4.92 Å². The SMILES string of the molecule is O=[N+]([O-])c1ccc(-n2nc(Cc3ccccc3)c3c2NCC3)cc1. The third kappa shape index (κ3) is 2.52. The third-order valence-electron chi connectivity index (χ3n) is 4.25. The molecule has 0 radical (unpaired) electrons. The van der Waals surface area contributed by atoms with Gasteiger partial charge in [0, 0.05) is 30.7 Å². The van der Waals surface area contributed by atoms with Gasteiger partial charge in [0.1, 0.15) is 5.82 Å².